The molecule has 0 atom stereocenters. The molecule has 0 amide bonds. The lowest BCUT2D eigenvalue weighted by atomic mass is 10.1. The van der Waals surface area contributed by atoms with Crippen molar-refractivity contribution in [2.24, 2.45) is 0 Å². The van der Waals surface area contributed by atoms with E-state index in [1.54, 1.807) is 24.4 Å². The molecule has 3 rings (SSSR count). The fourth-order valence-electron chi connectivity index (χ4n) is 2.25. The summed E-state index contributed by atoms with van der Waals surface area (Å²) in [7, 11) is 1.26. The van der Waals surface area contributed by atoms with Gasteiger partial charge in [-0.25, -0.2) is 9.78 Å². The standard InChI is InChI=1S/C15H11Cl2N3O2/c1-22-15(21)14-12(17)10(18)6-11(20-14)8-2-3-9(16)7-4-5-19-13(7)8/h2-6,19H,1H3,(H2,18,20). The molecule has 7 heteroatoms. The normalized spacial score (nSPS) is 10.9. The van der Waals surface area contributed by atoms with Gasteiger partial charge in [0.2, 0.25) is 0 Å². The van der Waals surface area contributed by atoms with Gasteiger partial charge in [-0.15, -0.1) is 0 Å². The number of nitrogens with two attached hydrogens (primary N) is 1. The predicted molar refractivity (Wildman–Crippen MR) is 87.3 cm³/mol. The maximum absolute atomic E-state index is 11.8. The molecule has 1 aromatic carbocycles. The van der Waals surface area contributed by atoms with Crippen LogP contribution in [-0.4, -0.2) is 23.0 Å². The van der Waals surface area contributed by atoms with Crippen LogP contribution in [0.3, 0.4) is 0 Å². The maximum atomic E-state index is 11.8. The Morgan fingerprint density at radius 1 is 1.32 bits per heavy atom. The Morgan fingerprint density at radius 2 is 2.09 bits per heavy atom. The van der Waals surface area contributed by atoms with Crippen molar-refractivity contribution in [2.45, 2.75) is 0 Å². The monoisotopic (exact) mass is 335 g/mol. The average Bonchev–Trinajstić information content (AvgIpc) is 3.00. The van der Waals surface area contributed by atoms with Crippen molar-refractivity contribution < 1.29 is 9.53 Å². The van der Waals surface area contributed by atoms with Crippen molar-refractivity contribution in [3.63, 3.8) is 0 Å². The minimum absolute atomic E-state index is 0.0196. The number of nitrogen functional groups attached to an aromatic ring is 1. The van der Waals surface area contributed by atoms with Crippen molar-refractivity contribution in [1.29, 1.82) is 0 Å². The molecule has 0 aliphatic rings. The Morgan fingerprint density at radius 3 is 2.82 bits per heavy atom. The van der Waals surface area contributed by atoms with Gasteiger partial charge in [-0.05, 0) is 24.3 Å². The van der Waals surface area contributed by atoms with E-state index in [1.807, 2.05) is 6.07 Å². The van der Waals surface area contributed by atoms with Crippen molar-refractivity contribution in [2.75, 3.05) is 12.8 Å². The van der Waals surface area contributed by atoms with Gasteiger partial charge in [0.05, 0.1) is 29.0 Å². The Labute approximate surface area is 136 Å². The molecule has 2 aromatic heterocycles. The summed E-state index contributed by atoms with van der Waals surface area (Å²) in [5, 5.41) is 1.55. The fraction of sp³-hybridized carbons (Fsp3) is 0.0667. The number of fused-ring (bicyclic) bond motifs is 1. The first-order chi connectivity index (χ1) is 10.5. The highest BCUT2D eigenvalue weighted by Gasteiger charge is 2.19. The molecule has 5 nitrogen and oxygen atoms in total. The number of hydrogen-bond donors (Lipinski definition) is 2. The van der Waals surface area contributed by atoms with Crippen LogP contribution < -0.4 is 5.73 Å². The molecule has 0 bridgehead atoms. The van der Waals surface area contributed by atoms with E-state index < -0.39 is 5.97 Å². The molecular formula is C15H11Cl2N3O2. The molecule has 0 aliphatic heterocycles. The Bertz CT molecular complexity index is 890. The summed E-state index contributed by atoms with van der Waals surface area (Å²) in [6, 6.07) is 7.04. The molecule has 3 N–H and O–H groups in total. The van der Waals surface area contributed by atoms with Crippen LogP contribution in [-0.2, 0) is 4.74 Å². The number of rotatable bonds is 2. The number of nitrogens with one attached hydrogen (secondary N) is 1. The Kier molecular flexibility index (Phi) is 3.68. The van der Waals surface area contributed by atoms with E-state index >= 15 is 0 Å². The number of anilines is 1. The van der Waals surface area contributed by atoms with Gasteiger partial charge >= 0.3 is 5.97 Å². The van der Waals surface area contributed by atoms with E-state index in [4.69, 9.17) is 28.9 Å². The van der Waals surface area contributed by atoms with E-state index in [1.165, 1.54) is 7.11 Å². The summed E-state index contributed by atoms with van der Waals surface area (Å²) < 4.78 is 4.68. The molecule has 0 radical (unpaired) electrons. The third-order valence-corrected chi connectivity index (χ3v) is 4.04. The van der Waals surface area contributed by atoms with Crippen molar-refractivity contribution in [1.82, 2.24) is 9.97 Å². The number of benzene rings is 1. The smallest absolute Gasteiger partial charge is 0.358 e. The van der Waals surface area contributed by atoms with Gasteiger partial charge in [0, 0.05) is 22.2 Å². The second-order valence-corrected chi connectivity index (χ2v) is 5.40. The van der Waals surface area contributed by atoms with Crippen LogP contribution in [0.15, 0.2) is 30.5 Å². The molecule has 2 heterocycles. The second kappa shape index (κ2) is 5.51. The number of nitrogens with zero attached hydrogens (tertiary/aromatic N) is 1. The molecule has 3 aromatic rings. The van der Waals surface area contributed by atoms with Gasteiger partial charge in [0.15, 0.2) is 5.69 Å². The number of pyridine rings is 1. The van der Waals surface area contributed by atoms with Gasteiger partial charge < -0.3 is 15.5 Å². The van der Waals surface area contributed by atoms with Gasteiger partial charge in [-0.1, -0.05) is 23.2 Å². The van der Waals surface area contributed by atoms with Gasteiger partial charge in [-0.2, -0.15) is 0 Å². The highest BCUT2D eigenvalue weighted by molar-refractivity contribution is 6.36. The molecule has 0 unspecified atom stereocenters. The van der Waals surface area contributed by atoms with E-state index in [0.29, 0.717) is 10.7 Å². The lowest BCUT2D eigenvalue weighted by Gasteiger charge is -2.09. The van der Waals surface area contributed by atoms with Gasteiger partial charge in [-0.3, -0.25) is 0 Å². The minimum Gasteiger partial charge on any atom is -0.464 e. The maximum Gasteiger partial charge on any atom is 0.358 e. The van der Waals surface area contributed by atoms with E-state index in [2.05, 4.69) is 14.7 Å². The van der Waals surface area contributed by atoms with Crippen LogP contribution >= 0.6 is 23.2 Å². The van der Waals surface area contributed by atoms with Crippen molar-refractivity contribution in [3.8, 4) is 11.3 Å². The van der Waals surface area contributed by atoms with Crippen LogP contribution in [0.25, 0.3) is 22.2 Å². The molecule has 0 spiro atoms. The zero-order chi connectivity index (χ0) is 15.9. The number of methoxy groups -OCH3 is 1. The van der Waals surface area contributed by atoms with Crippen LogP contribution in [0.2, 0.25) is 10.0 Å². The zero-order valence-corrected chi connectivity index (χ0v) is 13.0. The molecule has 22 heavy (non-hydrogen) atoms. The molecule has 0 saturated carbocycles. The van der Waals surface area contributed by atoms with Crippen molar-refractivity contribution >= 4 is 45.8 Å². The van der Waals surface area contributed by atoms with E-state index in [-0.39, 0.29) is 16.4 Å². The molecule has 0 saturated heterocycles. The topological polar surface area (TPSA) is 81.0 Å². The Balaban J connectivity index is 2.27. The third-order valence-electron chi connectivity index (χ3n) is 3.31. The zero-order valence-electron chi connectivity index (χ0n) is 11.5. The fourth-order valence-corrected chi connectivity index (χ4v) is 2.65. The SMILES string of the molecule is COC(=O)c1nc(-c2ccc(Cl)c3cc[nH]c23)cc(N)c1Cl. The molecule has 112 valence electrons. The number of H-pyrrole nitrogens is 1. The quantitative estimate of drug-likeness (QED) is 0.696. The summed E-state index contributed by atoms with van der Waals surface area (Å²) in [6.07, 6.45) is 1.78. The number of ether oxygens (including phenoxy) is 1. The summed E-state index contributed by atoms with van der Waals surface area (Å²) in [4.78, 5) is 19.2. The van der Waals surface area contributed by atoms with E-state index in [0.717, 1.165) is 16.5 Å². The first-order valence-electron chi connectivity index (χ1n) is 6.33. The highest BCUT2D eigenvalue weighted by Crippen LogP contribution is 2.34. The highest BCUT2D eigenvalue weighted by atomic mass is 35.5. The largest absolute Gasteiger partial charge is 0.464 e. The number of esters is 1. The minimum atomic E-state index is -0.643. The number of carbonyl (C=O) groups is 1. The average molecular weight is 336 g/mol. The van der Waals surface area contributed by atoms with Crippen LogP contribution in [0.5, 0.6) is 0 Å². The summed E-state index contributed by atoms with van der Waals surface area (Å²) >= 11 is 12.2. The first kappa shape index (κ1) is 14.7. The first-order valence-corrected chi connectivity index (χ1v) is 7.08. The number of halogens is 2. The predicted octanol–water partition coefficient (Wildman–Crippen LogP) is 3.91. The third kappa shape index (κ3) is 2.28. The number of aromatic amines is 1. The lowest BCUT2D eigenvalue weighted by Crippen LogP contribution is -2.08. The molecule has 0 aliphatic carbocycles. The molecule has 0 fully saturated rings. The van der Waals surface area contributed by atoms with Crippen LogP contribution in [0.4, 0.5) is 5.69 Å². The van der Waals surface area contributed by atoms with Crippen LogP contribution in [0, 0.1) is 0 Å². The lowest BCUT2D eigenvalue weighted by molar-refractivity contribution is 0.0594. The van der Waals surface area contributed by atoms with Gasteiger partial charge in [0.1, 0.15) is 0 Å². The van der Waals surface area contributed by atoms with Gasteiger partial charge in [0.25, 0.3) is 0 Å². The summed E-state index contributed by atoms with van der Waals surface area (Å²) in [6.45, 7) is 0. The number of carbonyl (C=O) groups excluding carboxylic acids is 1. The summed E-state index contributed by atoms with van der Waals surface area (Å²) in [5.41, 5.74) is 8.19. The van der Waals surface area contributed by atoms with Crippen molar-refractivity contribution in [3.05, 3.63) is 46.2 Å². The number of aromatic nitrogens is 2. The van der Waals surface area contributed by atoms with E-state index in [9.17, 15) is 4.79 Å². The number of hydrogen-bond acceptors (Lipinski definition) is 4. The Hall–Kier alpha value is -2.24. The molecular weight excluding hydrogens is 325 g/mol. The second-order valence-electron chi connectivity index (χ2n) is 4.61. The van der Waals surface area contributed by atoms with Crippen LogP contribution in [0.1, 0.15) is 10.5 Å². The summed E-state index contributed by atoms with van der Waals surface area (Å²) in [5.74, 6) is -0.643.